The molecule has 100 valence electrons. The Hall–Kier alpha value is -0.670. The van der Waals surface area contributed by atoms with Crippen molar-refractivity contribution in [3.8, 4) is 0 Å². The summed E-state index contributed by atoms with van der Waals surface area (Å²) in [5.74, 6) is 0.797. The molecule has 0 saturated heterocycles. The van der Waals surface area contributed by atoms with E-state index in [1.54, 1.807) is 0 Å². The van der Waals surface area contributed by atoms with Crippen molar-refractivity contribution in [1.82, 2.24) is 5.32 Å². The van der Waals surface area contributed by atoms with Crippen LogP contribution in [-0.4, -0.2) is 16.0 Å². The predicted molar refractivity (Wildman–Crippen MR) is 77.4 cm³/mol. The molecule has 0 spiro atoms. The molecule has 0 fully saturated rings. The third-order valence-electron chi connectivity index (χ3n) is 3.60. The lowest BCUT2D eigenvalue weighted by atomic mass is 9.97. The van der Waals surface area contributed by atoms with Crippen LogP contribution < -0.4 is 5.32 Å². The molecule has 0 aromatic heterocycles. The van der Waals surface area contributed by atoms with E-state index in [4.69, 9.17) is 0 Å². The molecule has 3 heteroatoms. The first-order chi connectivity index (χ1) is 8.49. The van der Waals surface area contributed by atoms with Gasteiger partial charge in [-0.25, -0.2) is 0 Å². The summed E-state index contributed by atoms with van der Waals surface area (Å²) in [6.45, 7) is 8.57. The molecule has 0 radical (unpaired) electrons. The molecule has 1 aliphatic heterocycles. The summed E-state index contributed by atoms with van der Waals surface area (Å²) >= 11 is 0. The number of hydrogen-bond donors (Lipinski definition) is 1. The van der Waals surface area contributed by atoms with Gasteiger partial charge in [0.2, 0.25) is 0 Å². The van der Waals surface area contributed by atoms with Crippen molar-refractivity contribution < 1.29 is 4.21 Å². The van der Waals surface area contributed by atoms with Gasteiger partial charge in [-0.1, -0.05) is 19.9 Å². The van der Waals surface area contributed by atoms with Crippen molar-refractivity contribution >= 4 is 10.8 Å². The molecule has 1 aromatic carbocycles. The minimum Gasteiger partial charge on any atom is -0.308 e. The normalized spacial score (nSPS) is 23.8. The van der Waals surface area contributed by atoms with Crippen molar-refractivity contribution in [3.05, 3.63) is 28.8 Å². The Morgan fingerprint density at radius 3 is 2.61 bits per heavy atom. The molecule has 0 bridgehead atoms. The number of aryl methyl sites for hydroxylation is 2. The average molecular weight is 265 g/mol. The zero-order valence-corrected chi connectivity index (χ0v) is 12.6. The van der Waals surface area contributed by atoms with Crippen LogP contribution in [0.2, 0.25) is 0 Å². The molecular formula is C15H23NOS. The molecule has 2 nitrogen and oxygen atoms in total. The van der Waals surface area contributed by atoms with E-state index in [1.165, 1.54) is 16.7 Å². The van der Waals surface area contributed by atoms with Gasteiger partial charge in [0.25, 0.3) is 0 Å². The van der Waals surface area contributed by atoms with Crippen molar-refractivity contribution in [1.29, 1.82) is 0 Å². The molecule has 1 N–H and O–H groups in total. The molecule has 0 aliphatic carbocycles. The summed E-state index contributed by atoms with van der Waals surface area (Å²) in [7, 11) is -0.827. The second-order valence-corrected chi connectivity index (χ2v) is 7.08. The van der Waals surface area contributed by atoms with E-state index in [2.05, 4.69) is 45.1 Å². The van der Waals surface area contributed by atoms with Gasteiger partial charge in [0.1, 0.15) is 0 Å². The first-order valence-corrected chi connectivity index (χ1v) is 8.06. The van der Waals surface area contributed by atoms with Crippen LogP contribution in [0.4, 0.5) is 0 Å². The average Bonchev–Trinajstić information content (AvgIpc) is 2.42. The topological polar surface area (TPSA) is 29.1 Å². The lowest BCUT2D eigenvalue weighted by molar-refractivity contribution is 0.447. The van der Waals surface area contributed by atoms with Crippen LogP contribution in [-0.2, 0) is 10.8 Å². The largest absolute Gasteiger partial charge is 0.308 e. The summed E-state index contributed by atoms with van der Waals surface area (Å²) < 4.78 is 12.3. The van der Waals surface area contributed by atoms with Crippen LogP contribution in [0.3, 0.4) is 0 Å². The Labute approximate surface area is 113 Å². The molecule has 2 unspecified atom stereocenters. The number of nitrogens with one attached hydrogen (secondary N) is 1. The minimum atomic E-state index is -0.827. The van der Waals surface area contributed by atoms with Crippen molar-refractivity contribution in [2.75, 3.05) is 5.75 Å². The number of fused-ring (bicyclic) bond motifs is 1. The number of hydrogen-bond acceptors (Lipinski definition) is 2. The van der Waals surface area contributed by atoms with Gasteiger partial charge < -0.3 is 5.32 Å². The van der Waals surface area contributed by atoms with E-state index in [-0.39, 0.29) is 0 Å². The highest BCUT2D eigenvalue weighted by molar-refractivity contribution is 7.85. The van der Waals surface area contributed by atoms with E-state index < -0.39 is 10.8 Å². The highest BCUT2D eigenvalue weighted by atomic mass is 32.2. The standard InChI is InChI=1S/C15H23NOS/c1-10(2)16-14-6-5-7-18(17)15-9-12(4)11(3)8-13(14)15/h8-10,14,16H,5-7H2,1-4H3. The van der Waals surface area contributed by atoms with Gasteiger partial charge in [-0.05, 0) is 49.4 Å². The van der Waals surface area contributed by atoms with Crippen molar-refractivity contribution in [3.63, 3.8) is 0 Å². The quantitative estimate of drug-likeness (QED) is 0.889. The Bertz CT molecular complexity index is 468. The monoisotopic (exact) mass is 265 g/mol. The molecule has 2 atom stereocenters. The fraction of sp³-hybridized carbons (Fsp3) is 0.600. The molecule has 1 heterocycles. The summed E-state index contributed by atoms with van der Waals surface area (Å²) in [4.78, 5) is 1.05. The Kier molecular flexibility index (Phi) is 4.23. The molecule has 2 rings (SSSR count). The zero-order valence-electron chi connectivity index (χ0n) is 11.7. The first-order valence-electron chi connectivity index (χ1n) is 6.74. The Balaban J connectivity index is 2.47. The summed E-state index contributed by atoms with van der Waals surface area (Å²) in [6.07, 6.45) is 2.11. The summed E-state index contributed by atoms with van der Waals surface area (Å²) in [5, 5.41) is 3.61. The van der Waals surface area contributed by atoms with Crippen LogP contribution >= 0.6 is 0 Å². The fourth-order valence-electron chi connectivity index (χ4n) is 2.54. The van der Waals surface area contributed by atoms with Gasteiger partial charge in [-0.3, -0.25) is 4.21 Å². The number of benzene rings is 1. The van der Waals surface area contributed by atoms with E-state index >= 15 is 0 Å². The molecule has 0 saturated carbocycles. The summed E-state index contributed by atoms with van der Waals surface area (Å²) in [6, 6.07) is 5.16. The SMILES string of the molecule is Cc1cc2c(cc1C)S(=O)CCCC2NC(C)C. The van der Waals surface area contributed by atoms with Gasteiger partial charge in [-0.2, -0.15) is 0 Å². The van der Waals surface area contributed by atoms with Gasteiger partial charge in [0, 0.05) is 22.7 Å². The fourth-order valence-corrected chi connectivity index (χ4v) is 3.96. The predicted octanol–water partition coefficient (Wildman–Crippen LogP) is 3.24. The smallest absolute Gasteiger partial charge is 0.0533 e. The molecule has 18 heavy (non-hydrogen) atoms. The molecule has 0 amide bonds. The maximum atomic E-state index is 12.3. The second-order valence-electron chi connectivity index (χ2n) is 5.54. The van der Waals surface area contributed by atoms with Gasteiger partial charge in [0.05, 0.1) is 10.8 Å². The Morgan fingerprint density at radius 1 is 1.28 bits per heavy atom. The maximum absolute atomic E-state index is 12.3. The first kappa shape index (κ1) is 13.8. The van der Waals surface area contributed by atoms with Crippen LogP contribution in [0, 0.1) is 13.8 Å². The van der Waals surface area contributed by atoms with Crippen LogP contribution in [0.15, 0.2) is 17.0 Å². The molecule has 1 aromatic rings. The highest BCUT2D eigenvalue weighted by Gasteiger charge is 2.23. The Morgan fingerprint density at radius 2 is 1.94 bits per heavy atom. The third-order valence-corrected chi connectivity index (χ3v) is 5.11. The van der Waals surface area contributed by atoms with Gasteiger partial charge in [-0.15, -0.1) is 0 Å². The highest BCUT2D eigenvalue weighted by Crippen LogP contribution is 2.31. The third kappa shape index (κ3) is 2.83. The minimum absolute atomic E-state index is 0.353. The van der Waals surface area contributed by atoms with Crippen LogP contribution in [0.25, 0.3) is 0 Å². The summed E-state index contributed by atoms with van der Waals surface area (Å²) in [5.41, 5.74) is 3.79. The zero-order chi connectivity index (χ0) is 13.3. The second kappa shape index (κ2) is 5.54. The maximum Gasteiger partial charge on any atom is 0.0533 e. The van der Waals surface area contributed by atoms with Crippen molar-refractivity contribution in [2.45, 2.75) is 57.5 Å². The van der Waals surface area contributed by atoms with Crippen LogP contribution in [0.1, 0.15) is 49.4 Å². The lowest BCUT2D eigenvalue weighted by Gasteiger charge is -2.22. The number of rotatable bonds is 2. The molecular weight excluding hydrogens is 242 g/mol. The van der Waals surface area contributed by atoms with E-state index in [9.17, 15) is 4.21 Å². The van der Waals surface area contributed by atoms with Crippen LogP contribution in [0.5, 0.6) is 0 Å². The van der Waals surface area contributed by atoms with E-state index in [1.807, 2.05) is 0 Å². The van der Waals surface area contributed by atoms with E-state index in [0.717, 1.165) is 23.5 Å². The van der Waals surface area contributed by atoms with Gasteiger partial charge >= 0.3 is 0 Å². The van der Waals surface area contributed by atoms with Crippen molar-refractivity contribution in [2.24, 2.45) is 0 Å². The van der Waals surface area contributed by atoms with E-state index in [0.29, 0.717) is 12.1 Å². The lowest BCUT2D eigenvalue weighted by Crippen LogP contribution is -2.28. The molecule has 1 aliphatic rings. The van der Waals surface area contributed by atoms with Gasteiger partial charge in [0.15, 0.2) is 0 Å².